The predicted molar refractivity (Wildman–Crippen MR) is 108 cm³/mol. The minimum atomic E-state index is -0.674. The second-order valence-electron chi connectivity index (χ2n) is 7.09. The molecule has 1 unspecified atom stereocenters. The average molecular weight is 368 g/mol. The second-order valence-corrected chi connectivity index (χ2v) is 7.09. The highest BCUT2D eigenvalue weighted by atomic mass is 16.5. The molecule has 2 aromatic rings. The van der Waals surface area contributed by atoms with Crippen molar-refractivity contribution in [2.45, 2.75) is 40.7 Å². The number of carbonyl (C=O) groups excluding carboxylic acids is 2. The highest BCUT2D eigenvalue weighted by Crippen LogP contribution is 2.22. The standard InChI is InChI=1S/C22H28N2O3/c1-14-8-7-9-19(12-14)27-18(5)22(26)24(6)13-20(25)23-21-16(3)10-15(2)11-17(21)4/h7-12,18H,13H2,1-6H3,(H,23,25). The van der Waals surface area contributed by atoms with Crippen molar-refractivity contribution in [3.05, 3.63) is 58.7 Å². The normalized spacial score (nSPS) is 11.6. The number of anilines is 1. The van der Waals surface area contributed by atoms with E-state index in [1.54, 1.807) is 14.0 Å². The van der Waals surface area contributed by atoms with Crippen molar-refractivity contribution in [1.82, 2.24) is 4.90 Å². The van der Waals surface area contributed by atoms with Gasteiger partial charge in [0.15, 0.2) is 6.10 Å². The first-order chi connectivity index (χ1) is 12.7. The lowest BCUT2D eigenvalue weighted by molar-refractivity contribution is -0.139. The molecule has 0 spiro atoms. The number of rotatable bonds is 6. The van der Waals surface area contributed by atoms with Crippen LogP contribution < -0.4 is 10.1 Å². The van der Waals surface area contributed by atoms with Crippen molar-refractivity contribution in [1.29, 1.82) is 0 Å². The molecule has 2 aromatic carbocycles. The molecule has 0 aromatic heterocycles. The van der Waals surface area contributed by atoms with Gasteiger partial charge in [0, 0.05) is 12.7 Å². The van der Waals surface area contributed by atoms with E-state index in [1.165, 1.54) is 4.90 Å². The van der Waals surface area contributed by atoms with Crippen LogP contribution in [0.25, 0.3) is 0 Å². The lowest BCUT2D eigenvalue weighted by atomic mass is 10.1. The molecule has 0 bridgehead atoms. The Morgan fingerprint density at radius 3 is 2.26 bits per heavy atom. The summed E-state index contributed by atoms with van der Waals surface area (Å²) in [6, 6.07) is 11.6. The van der Waals surface area contributed by atoms with Gasteiger partial charge in [0.1, 0.15) is 5.75 Å². The van der Waals surface area contributed by atoms with Crippen LogP contribution in [0.15, 0.2) is 36.4 Å². The average Bonchev–Trinajstić information content (AvgIpc) is 2.57. The number of aryl methyl sites for hydroxylation is 4. The van der Waals surface area contributed by atoms with Crippen LogP contribution in [-0.4, -0.2) is 36.4 Å². The molecule has 0 aliphatic heterocycles. The van der Waals surface area contributed by atoms with Gasteiger partial charge < -0.3 is 15.0 Å². The number of benzene rings is 2. The van der Waals surface area contributed by atoms with Gasteiger partial charge in [0.2, 0.25) is 5.91 Å². The summed E-state index contributed by atoms with van der Waals surface area (Å²) in [6.07, 6.45) is -0.674. The molecule has 0 fully saturated rings. The zero-order valence-electron chi connectivity index (χ0n) is 16.9. The van der Waals surface area contributed by atoms with Gasteiger partial charge in [-0.3, -0.25) is 9.59 Å². The van der Waals surface area contributed by atoms with Gasteiger partial charge in [0.05, 0.1) is 6.54 Å². The highest BCUT2D eigenvalue weighted by molar-refractivity contribution is 5.96. The molecular weight excluding hydrogens is 340 g/mol. The number of likely N-dealkylation sites (N-methyl/N-ethyl adjacent to an activating group) is 1. The van der Waals surface area contributed by atoms with Crippen LogP contribution in [0.2, 0.25) is 0 Å². The molecule has 0 radical (unpaired) electrons. The lowest BCUT2D eigenvalue weighted by Gasteiger charge is -2.22. The molecule has 0 aliphatic rings. The first-order valence-electron chi connectivity index (χ1n) is 9.03. The zero-order valence-corrected chi connectivity index (χ0v) is 16.9. The summed E-state index contributed by atoms with van der Waals surface area (Å²) < 4.78 is 5.71. The first kappa shape index (κ1) is 20.5. The monoisotopic (exact) mass is 368 g/mol. The van der Waals surface area contributed by atoms with Gasteiger partial charge in [0.25, 0.3) is 5.91 Å². The Kier molecular flexibility index (Phi) is 6.61. The Labute approximate surface area is 161 Å². The predicted octanol–water partition coefficient (Wildman–Crippen LogP) is 3.78. The van der Waals surface area contributed by atoms with Crippen LogP contribution in [0.3, 0.4) is 0 Å². The van der Waals surface area contributed by atoms with Crippen molar-refractivity contribution in [2.24, 2.45) is 0 Å². The number of hydrogen-bond donors (Lipinski definition) is 1. The highest BCUT2D eigenvalue weighted by Gasteiger charge is 2.21. The lowest BCUT2D eigenvalue weighted by Crippen LogP contribution is -2.42. The van der Waals surface area contributed by atoms with Gasteiger partial charge in [-0.25, -0.2) is 0 Å². The molecule has 2 amide bonds. The zero-order chi connectivity index (χ0) is 20.1. The number of amides is 2. The molecular formula is C22H28N2O3. The van der Waals surface area contributed by atoms with E-state index in [2.05, 4.69) is 5.32 Å². The summed E-state index contributed by atoms with van der Waals surface area (Å²) in [7, 11) is 1.60. The van der Waals surface area contributed by atoms with Crippen molar-refractivity contribution in [3.8, 4) is 5.75 Å². The van der Waals surface area contributed by atoms with Crippen LogP contribution in [-0.2, 0) is 9.59 Å². The van der Waals surface area contributed by atoms with E-state index in [0.717, 1.165) is 27.9 Å². The fourth-order valence-corrected chi connectivity index (χ4v) is 3.10. The molecule has 1 N–H and O–H groups in total. The molecule has 0 heterocycles. The summed E-state index contributed by atoms with van der Waals surface area (Å²) in [5, 5.41) is 2.91. The van der Waals surface area contributed by atoms with E-state index in [1.807, 2.05) is 64.1 Å². The smallest absolute Gasteiger partial charge is 0.263 e. The van der Waals surface area contributed by atoms with Gasteiger partial charge in [-0.05, 0) is 63.4 Å². The Morgan fingerprint density at radius 2 is 1.67 bits per heavy atom. The van der Waals surface area contributed by atoms with E-state index in [-0.39, 0.29) is 18.4 Å². The van der Waals surface area contributed by atoms with E-state index < -0.39 is 6.10 Å². The molecule has 0 aliphatic carbocycles. The van der Waals surface area contributed by atoms with Crippen LogP contribution in [0.1, 0.15) is 29.2 Å². The number of hydrogen-bond acceptors (Lipinski definition) is 3. The van der Waals surface area contributed by atoms with E-state index in [0.29, 0.717) is 5.75 Å². The summed E-state index contributed by atoms with van der Waals surface area (Å²) >= 11 is 0. The molecule has 27 heavy (non-hydrogen) atoms. The largest absolute Gasteiger partial charge is 0.481 e. The number of nitrogens with zero attached hydrogens (tertiary/aromatic N) is 1. The second kappa shape index (κ2) is 8.71. The van der Waals surface area contributed by atoms with Crippen LogP contribution in [0.4, 0.5) is 5.69 Å². The molecule has 0 saturated carbocycles. The molecule has 2 rings (SSSR count). The van der Waals surface area contributed by atoms with Crippen molar-refractivity contribution < 1.29 is 14.3 Å². The van der Waals surface area contributed by atoms with Crippen molar-refractivity contribution >= 4 is 17.5 Å². The number of ether oxygens (including phenoxy) is 1. The van der Waals surface area contributed by atoms with Gasteiger partial charge in [-0.2, -0.15) is 0 Å². The van der Waals surface area contributed by atoms with Crippen molar-refractivity contribution in [2.75, 3.05) is 18.9 Å². The third kappa shape index (κ3) is 5.58. The molecule has 144 valence electrons. The summed E-state index contributed by atoms with van der Waals surface area (Å²) in [5.41, 5.74) is 5.02. The topological polar surface area (TPSA) is 58.6 Å². The maximum Gasteiger partial charge on any atom is 0.263 e. The number of carbonyl (C=O) groups is 2. The van der Waals surface area contributed by atoms with Gasteiger partial charge in [-0.1, -0.05) is 29.8 Å². The molecule has 5 nitrogen and oxygen atoms in total. The van der Waals surface area contributed by atoms with Gasteiger partial charge in [-0.15, -0.1) is 0 Å². The van der Waals surface area contributed by atoms with E-state index in [4.69, 9.17) is 4.74 Å². The third-order valence-corrected chi connectivity index (χ3v) is 4.35. The Morgan fingerprint density at radius 1 is 1.04 bits per heavy atom. The summed E-state index contributed by atoms with van der Waals surface area (Å²) in [6.45, 7) is 9.56. The van der Waals surface area contributed by atoms with Gasteiger partial charge >= 0.3 is 0 Å². The van der Waals surface area contributed by atoms with E-state index >= 15 is 0 Å². The SMILES string of the molecule is Cc1cccc(OC(C)C(=O)N(C)CC(=O)Nc2c(C)cc(C)cc2C)c1. The molecule has 1 atom stereocenters. The molecule has 0 saturated heterocycles. The minimum Gasteiger partial charge on any atom is -0.481 e. The van der Waals surface area contributed by atoms with Crippen molar-refractivity contribution in [3.63, 3.8) is 0 Å². The minimum absolute atomic E-state index is 0.0346. The van der Waals surface area contributed by atoms with Crippen LogP contribution in [0.5, 0.6) is 5.75 Å². The van der Waals surface area contributed by atoms with Crippen LogP contribution in [0, 0.1) is 27.7 Å². The third-order valence-electron chi connectivity index (χ3n) is 4.35. The maximum absolute atomic E-state index is 12.5. The Bertz CT molecular complexity index is 822. The number of nitrogens with one attached hydrogen (secondary N) is 1. The first-order valence-corrected chi connectivity index (χ1v) is 9.03. The fourth-order valence-electron chi connectivity index (χ4n) is 3.10. The fraction of sp³-hybridized carbons (Fsp3) is 0.364. The Hall–Kier alpha value is -2.82. The van der Waals surface area contributed by atoms with Crippen LogP contribution >= 0.6 is 0 Å². The summed E-state index contributed by atoms with van der Waals surface area (Å²) in [4.78, 5) is 26.3. The maximum atomic E-state index is 12.5. The summed E-state index contributed by atoms with van der Waals surface area (Å²) in [5.74, 6) is 0.160. The quantitative estimate of drug-likeness (QED) is 0.844. The molecule has 5 heteroatoms. The Balaban J connectivity index is 1.96. The van der Waals surface area contributed by atoms with E-state index in [9.17, 15) is 9.59 Å².